The number of hydrogen-bond donors (Lipinski definition) is 2. The molecule has 2 fully saturated rings. The Morgan fingerprint density at radius 2 is 1.85 bits per heavy atom. The van der Waals surface area contributed by atoms with Gasteiger partial charge in [0.2, 0.25) is 5.91 Å². The Bertz CT molecular complexity index is 354. The lowest BCUT2D eigenvalue weighted by Crippen LogP contribution is -2.48. The average molecular weight is 283 g/mol. The molecular weight excluding hydrogens is 258 g/mol. The van der Waals surface area contributed by atoms with Gasteiger partial charge in [-0.3, -0.25) is 14.5 Å². The number of nitrogens with two attached hydrogens (primary N) is 1. The molecule has 0 radical (unpaired) electrons. The molecule has 0 aromatic heterocycles. The lowest BCUT2D eigenvalue weighted by molar-refractivity contribution is -0.141. The molecule has 114 valence electrons. The zero-order valence-electron chi connectivity index (χ0n) is 12.0. The summed E-state index contributed by atoms with van der Waals surface area (Å²) in [5.41, 5.74) is 5.86. The maximum absolute atomic E-state index is 12.3. The van der Waals surface area contributed by atoms with Crippen molar-refractivity contribution in [3.63, 3.8) is 0 Å². The smallest absolute Gasteiger partial charge is 0.303 e. The maximum atomic E-state index is 12.3. The molecule has 1 amide bonds. The van der Waals surface area contributed by atoms with Crippen LogP contribution in [0.1, 0.15) is 32.1 Å². The summed E-state index contributed by atoms with van der Waals surface area (Å²) in [6.45, 7) is 3.59. The largest absolute Gasteiger partial charge is 0.481 e. The van der Waals surface area contributed by atoms with Crippen molar-refractivity contribution >= 4 is 11.9 Å². The Kier molecular flexibility index (Phi) is 5.37. The molecule has 20 heavy (non-hydrogen) atoms. The van der Waals surface area contributed by atoms with Crippen molar-refractivity contribution in [1.82, 2.24) is 9.80 Å². The molecule has 0 aromatic rings. The van der Waals surface area contributed by atoms with Gasteiger partial charge in [-0.2, -0.15) is 0 Å². The monoisotopic (exact) mass is 283 g/mol. The molecule has 2 aliphatic heterocycles. The number of piperidine rings is 2. The fourth-order valence-corrected chi connectivity index (χ4v) is 3.11. The quantitative estimate of drug-likeness (QED) is 0.765. The number of aliphatic carboxylic acids is 1. The van der Waals surface area contributed by atoms with Crippen LogP contribution in [0.15, 0.2) is 0 Å². The van der Waals surface area contributed by atoms with Crippen molar-refractivity contribution in [1.29, 1.82) is 0 Å². The van der Waals surface area contributed by atoms with E-state index in [1.165, 1.54) is 0 Å². The van der Waals surface area contributed by atoms with Gasteiger partial charge in [0, 0.05) is 38.6 Å². The van der Waals surface area contributed by atoms with Crippen molar-refractivity contribution in [2.24, 2.45) is 11.7 Å². The summed E-state index contributed by atoms with van der Waals surface area (Å²) in [4.78, 5) is 27.1. The Labute approximate surface area is 119 Å². The highest BCUT2D eigenvalue weighted by Crippen LogP contribution is 2.20. The van der Waals surface area contributed by atoms with E-state index in [4.69, 9.17) is 10.8 Å². The first-order chi connectivity index (χ1) is 9.54. The van der Waals surface area contributed by atoms with Gasteiger partial charge >= 0.3 is 5.97 Å². The number of carbonyl (C=O) groups is 2. The summed E-state index contributed by atoms with van der Waals surface area (Å²) in [7, 11) is 0. The van der Waals surface area contributed by atoms with Gasteiger partial charge in [-0.1, -0.05) is 0 Å². The van der Waals surface area contributed by atoms with Gasteiger partial charge in [-0.25, -0.2) is 0 Å². The second kappa shape index (κ2) is 7.04. The maximum Gasteiger partial charge on any atom is 0.303 e. The SMILES string of the molecule is NC1CCN(CC(=O)N2CCCC(CC(=O)O)C2)CC1. The number of likely N-dealkylation sites (tertiary alicyclic amines) is 2. The van der Waals surface area contributed by atoms with Crippen LogP contribution in [0, 0.1) is 5.92 Å². The average Bonchev–Trinajstić information content (AvgIpc) is 2.41. The van der Waals surface area contributed by atoms with E-state index in [1.807, 2.05) is 4.90 Å². The van der Waals surface area contributed by atoms with Gasteiger partial charge in [0.05, 0.1) is 6.54 Å². The Balaban J connectivity index is 1.78. The fourth-order valence-electron chi connectivity index (χ4n) is 3.11. The van der Waals surface area contributed by atoms with E-state index < -0.39 is 5.97 Å². The van der Waals surface area contributed by atoms with Crippen LogP contribution < -0.4 is 5.73 Å². The van der Waals surface area contributed by atoms with Crippen LogP contribution in [0.25, 0.3) is 0 Å². The van der Waals surface area contributed by atoms with Crippen molar-refractivity contribution in [2.45, 2.75) is 38.1 Å². The molecule has 2 aliphatic rings. The zero-order chi connectivity index (χ0) is 14.5. The molecule has 6 heteroatoms. The predicted molar refractivity (Wildman–Crippen MR) is 75.2 cm³/mol. The molecule has 2 rings (SSSR count). The first-order valence-electron chi connectivity index (χ1n) is 7.52. The molecule has 0 spiro atoms. The number of nitrogens with zero attached hydrogens (tertiary/aromatic N) is 2. The standard InChI is InChI=1S/C14H25N3O3/c15-12-3-6-16(7-4-12)10-13(18)17-5-1-2-11(9-17)8-14(19)20/h11-12H,1-10,15H2,(H,19,20). The highest BCUT2D eigenvalue weighted by Gasteiger charge is 2.27. The molecule has 3 N–H and O–H groups in total. The number of hydrogen-bond acceptors (Lipinski definition) is 4. The molecule has 0 aliphatic carbocycles. The summed E-state index contributed by atoms with van der Waals surface area (Å²) in [5.74, 6) is -0.523. The molecule has 0 saturated carbocycles. The molecule has 2 saturated heterocycles. The molecule has 0 bridgehead atoms. The fraction of sp³-hybridized carbons (Fsp3) is 0.857. The first-order valence-corrected chi connectivity index (χ1v) is 7.52. The number of rotatable bonds is 4. The zero-order valence-corrected chi connectivity index (χ0v) is 12.0. The van der Waals surface area contributed by atoms with E-state index in [0.717, 1.165) is 45.3 Å². The third kappa shape index (κ3) is 4.45. The van der Waals surface area contributed by atoms with Gasteiger partial charge in [-0.05, 0) is 31.6 Å². The minimum absolute atomic E-state index is 0.111. The van der Waals surface area contributed by atoms with Crippen LogP contribution in [0.5, 0.6) is 0 Å². The Morgan fingerprint density at radius 1 is 1.15 bits per heavy atom. The van der Waals surface area contributed by atoms with Crippen molar-refractivity contribution < 1.29 is 14.7 Å². The third-order valence-corrected chi connectivity index (χ3v) is 4.33. The van der Waals surface area contributed by atoms with Gasteiger partial charge in [-0.15, -0.1) is 0 Å². The lowest BCUT2D eigenvalue weighted by atomic mass is 9.95. The minimum atomic E-state index is -0.769. The number of amides is 1. The van der Waals surface area contributed by atoms with E-state index in [-0.39, 0.29) is 24.3 Å². The van der Waals surface area contributed by atoms with Crippen molar-refractivity contribution in [2.75, 3.05) is 32.7 Å². The summed E-state index contributed by atoms with van der Waals surface area (Å²) in [5, 5.41) is 8.85. The van der Waals surface area contributed by atoms with Crippen LogP contribution in [0.2, 0.25) is 0 Å². The van der Waals surface area contributed by atoms with Gasteiger partial charge in [0.25, 0.3) is 0 Å². The molecule has 1 unspecified atom stereocenters. The van der Waals surface area contributed by atoms with Crippen LogP contribution >= 0.6 is 0 Å². The Hall–Kier alpha value is -1.14. The summed E-state index contributed by atoms with van der Waals surface area (Å²) in [6.07, 6.45) is 3.90. The molecule has 2 heterocycles. The van der Waals surface area contributed by atoms with Gasteiger partial charge in [0.15, 0.2) is 0 Å². The molecular formula is C14H25N3O3. The normalized spacial score (nSPS) is 25.6. The summed E-state index contributed by atoms with van der Waals surface area (Å²) >= 11 is 0. The Morgan fingerprint density at radius 3 is 2.50 bits per heavy atom. The van der Waals surface area contributed by atoms with E-state index in [1.54, 1.807) is 0 Å². The third-order valence-electron chi connectivity index (χ3n) is 4.33. The molecule has 6 nitrogen and oxygen atoms in total. The van der Waals surface area contributed by atoms with Crippen molar-refractivity contribution in [3.05, 3.63) is 0 Å². The molecule has 0 aromatic carbocycles. The summed E-state index contributed by atoms with van der Waals surface area (Å²) in [6, 6.07) is 0.274. The highest BCUT2D eigenvalue weighted by molar-refractivity contribution is 5.78. The minimum Gasteiger partial charge on any atom is -0.481 e. The number of carbonyl (C=O) groups excluding carboxylic acids is 1. The van der Waals surface area contributed by atoms with E-state index >= 15 is 0 Å². The summed E-state index contributed by atoms with van der Waals surface area (Å²) < 4.78 is 0. The molecule has 1 atom stereocenters. The second-order valence-electron chi connectivity index (χ2n) is 6.06. The van der Waals surface area contributed by atoms with Crippen LogP contribution in [-0.2, 0) is 9.59 Å². The number of carboxylic acid groups (broad SMARTS) is 1. The van der Waals surface area contributed by atoms with E-state index in [0.29, 0.717) is 13.1 Å². The number of carboxylic acids is 1. The van der Waals surface area contributed by atoms with E-state index in [9.17, 15) is 9.59 Å². The van der Waals surface area contributed by atoms with Gasteiger partial charge < -0.3 is 15.7 Å². The lowest BCUT2D eigenvalue weighted by Gasteiger charge is -2.35. The topological polar surface area (TPSA) is 86.9 Å². The first kappa shape index (κ1) is 15.3. The van der Waals surface area contributed by atoms with Crippen LogP contribution in [-0.4, -0.2) is 65.5 Å². The van der Waals surface area contributed by atoms with Crippen LogP contribution in [0.3, 0.4) is 0 Å². The van der Waals surface area contributed by atoms with E-state index in [2.05, 4.69) is 4.90 Å². The highest BCUT2D eigenvalue weighted by atomic mass is 16.4. The van der Waals surface area contributed by atoms with Crippen LogP contribution in [0.4, 0.5) is 0 Å². The van der Waals surface area contributed by atoms with Gasteiger partial charge in [0.1, 0.15) is 0 Å². The predicted octanol–water partition coefficient (Wildman–Crippen LogP) is 0.123. The second-order valence-corrected chi connectivity index (χ2v) is 6.06. The van der Waals surface area contributed by atoms with Crippen molar-refractivity contribution in [3.8, 4) is 0 Å².